The van der Waals surface area contributed by atoms with Gasteiger partial charge in [-0.25, -0.2) is 9.97 Å². The molecule has 36 heavy (non-hydrogen) atoms. The fourth-order valence-electron chi connectivity index (χ4n) is 4.35. The Morgan fingerprint density at radius 1 is 1.14 bits per heavy atom. The molecule has 0 radical (unpaired) electrons. The molecular formula is C25H22F3N5O3. The first-order chi connectivity index (χ1) is 17.1. The minimum Gasteiger partial charge on any atom is -0.494 e. The maximum absolute atomic E-state index is 13.5. The minimum absolute atomic E-state index is 0.0104. The minimum atomic E-state index is -4.63. The van der Waals surface area contributed by atoms with E-state index in [9.17, 15) is 18.0 Å². The molecule has 4 N–H and O–H groups in total. The van der Waals surface area contributed by atoms with E-state index in [4.69, 9.17) is 20.6 Å². The Bertz CT molecular complexity index is 1500. The number of ether oxygens (including phenoxy) is 1. The number of hydrogen-bond donors (Lipinski definition) is 2. The van der Waals surface area contributed by atoms with Gasteiger partial charge in [-0.3, -0.25) is 4.79 Å². The highest BCUT2D eigenvalue weighted by Gasteiger charge is 2.34. The highest BCUT2D eigenvalue weighted by Crippen LogP contribution is 2.38. The molecule has 1 aliphatic heterocycles. The Balaban J connectivity index is 1.59. The third-order valence-corrected chi connectivity index (χ3v) is 6.14. The lowest BCUT2D eigenvalue weighted by Gasteiger charge is -2.15. The van der Waals surface area contributed by atoms with Gasteiger partial charge in [0.25, 0.3) is 5.91 Å². The van der Waals surface area contributed by atoms with Crippen molar-refractivity contribution >= 4 is 22.5 Å². The number of anilines is 1. The number of hydrogen-bond acceptors (Lipinski definition) is 7. The molecule has 0 saturated carbocycles. The van der Waals surface area contributed by atoms with Gasteiger partial charge >= 0.3 is 6.18 Å². The van der Waals surface area contributed by atoms with Crippen molar-refractivity contribution < 1.29 is 27.1 Å². The van der Waals surface area contributed by atoms with Gasteiger partial charge in [-0.1, -0.05) is 12.1 Å². The average molecular weight is 497 g/mol. The molecule has 1 aliphatic rings. The second kappa shape index (κ2) is 8.52. The van der Waals surface area contributed by atoms with Crippen LogP contribution in [-0.4, -0.2) is 27.9 Å². The van der Waals surface area contributed by atoms with Gasteiger partial charge in [0, 0.05) is 29.7 Å². The molecule has 0 aliphatic carbocycles. The number of pyridine rings is 1. The second-order valence-corrected chi connectivity index (χ2v) is 8.57. The van der Waals surface area contributed by atoms with Crippen molar-refractivity contribution in [2.45, 2.75) is 32.2 Å². The Morgan fingerprint density at radius 3 is 2.58 bits per heavy atom. The SMILES string of the molecule is COc1ccc(-c2nc(C(=O)N3Cc4cccc(N)c4C3)c([C@H](C)N)o2)c2ccc(C(F)(F)F)nc12. The summed E-state index contributed by atoms with van der Waals surface area (Å²) in [6.45, 7) is 2.33. The lowest BCUT2D eigenvalue weighted by molar-refractivity contribution is -0.140. The number of carbonyl (C=O) groups is 1. The first-order valence-corrected chi connectivity index (χ1v) is 11.1. The number of nitrogens with zero attached hydrogens (tertiary/aromatic N) is 3. The number of benzene rings is 2. The average Bonchev–Trinajstić information content (AvgIpc) is 3.48. The Kier molecular flexibility index (Phi) is 5.59. The number of alkyl halides is 3. The van der Waals surface area contributed by atoms with E-state index in [2.05, 4.69) is 9.97 Å². The molecular weight excluding hydrogens is 475 g/mol. The van der Waals surface area contributed by atoms with E-state index in [1.807, 2.05) is 12.1 Å². The fourth-order valence-corrected chi connectivity index (χ4v) is 4.35. The zero-order valence-corrected chi connectivity index (χ0v) is 19.4. The number of halogens is 3. The highest BCUT2D eigenvalue weighted by molar-refractivity contribution is 5.98. The lowest BCUT2D eigenvalue weighted by atomic mass is 10.1. The summed E-state index contributed by atoms with van der Waals surface area (Å²) < 4.78 is 51.0. The van der Waals surface area contributed by atoms with Crippen LogP contribution in [-0.2, 0) is 19.3 Å². The highest BCUT2D eigenvalue weighted by atomic mass is 19.4. The van der Waals surface area contributed by atoms with Crippen LogP contribution in [0.4, 0.5) is 18.9 Å². The van der Waals surface area contributed by atoms with E-state index >= 15 is 0 Å². The van der Waals surface area contributed by atoms with E-state index in [1.165, 1.54) is 19.2 Å². The summed E-state index contributed by atoms with van der Waals surface area (Å²) in [5.74, 6) is -0.0235. The van der Waals surface area contributed by atoms with Crippen molar-refractivity contribution in [1.29, 1.82) is 0 Å². The molecule has 0 unspecified atom stereocenters. The summed E-state index contributed by atoms with van der Waals surface area (Å²) >= 11 is 0. The number of oxazole rings is 1. The van der Waals surface area contributed by atoms with Crippen LogP contribution in [0.2, 0.25) is 0 Å². The summed E-state index contributed by atoms with van der Waals surface area (Å²) in [6.07, 6.45) is -4.63. The van der Waals surface area contributed by atoms with Gasteiger partial charge in [-0.05, 0) is 48.4 Å². The summed E-state index contributed by atoms with van der Waals surface area (Å²) in [5, 5.41) is 0.320. The molecule has 5 rings (SSSR count). The van der Waals surface area contributed by atoms with Gasteiger partial charge in [0.05, 0.1) is 13.2 Å². The largest absolute Gasteiger partial charge is 0.494 e. The quantitative estimate of drug-likeness (QED) is 0.393. The number of rotatable bonds is 4. The van der Waals surface area contributed by atoms with Crippen LogP contribution in [0.25, 0.3) is 22.4 Å². The predicted molar refractivity (Wildman–Crippen MR) is 126 cm³/mol. The molecule has 0 saturated heterocycles. The van der Waals surface area contributed by atoms with Crippen molar-refractivity contribution in [1.82, 2.24) is 14.9 Å². The number of amides is 1. The molecule has 0 spiro atoms. The van der Waals surface area contributed by atoms with Gasteiger partial charge in [-0.2, -0.15) is 13.2 Å². The van der Waals surface area contributed by atoms with Crippen molar-refractivity contribution in [2.24, 2.45) is 5.73 Å². The van der Waals surface area contributed by atoms with Crippen molar-refractivity contribution in [3.05, 3.63) is 70.7 Å². The smallest absolute Gasteiger partial charge is 0.433 e. The van der Waals surface area contributed by atoms with Crippen LogP contribution in [0.1, 0.15) is 46.0 Å². The molecule has 1 amide bonds. The third kappa shape index (κ3) is 3.91. The van der Waals surface area contributed by atoms with E-state index in [0.717, 1.165) is 17.2 Å². The van der Waals surface area contributed by atoms with Crippen molar-refractivity contribution in [3.63, 3.8) is 0 Å². The Hall–Kier alpha value is -4.12. The van der Waals surface area contributed by atoms with E-state index in [1.54, 1.807) is 24.0 Å². The van der Waals surface area contributed by atoms with Crippen LogP contribution in [0.15, 0.2) is 46.9 Å². The molecule has 1 atom stereocenters. The predicted octanol–water partition coefficient (Wildman–Crippen LogP) is 4.68. The lowest BCUT2D eigenvalue weighted by Crippen LogP contribution is -2.27. The van der Waals surface area contributed by atoms with E-state index < -0.39 is 17.9 Å². The molecule has 3 heterocycles. The summed E-state index contributed by atoms with van der Waals surface area (Å²) in [6, 6.07) is 10.1. The molecule has 0 fully saturated rings. The molecule has 186 valence electrons. The Morgan fingerprint density at radius 2 is 1.92 bits per heavy atom. The standard InChI is InChI=1S/C25H22F3N5O3/c1-12(29)22-21(24(34)33-10-13-4-3-5-17(30)16(13)11-33)32-23(36-22)15-6-8-18(35-2)20-14(15)7-9-19(31-20)25(26,27)28/h3-9,12H,10-11,29-30H2,1-2H3/t12-/m0/s1. The van der Waals surface area contributed by atoms with Crippen molar-refractivity contribution in [3.8, 4) is 17.2 Å². The van der Waals surface area contributed by atoms with E-state index in [0.29, 0.717) is 29.7 Å². The summed E-state index contributed by atoms with van der Waals surface area (Å²) in [7, 11) is 1.34. The number of aromatic nitrogens is 2. The van der Waals surface area contributed by atoms with Crippen LogP contribution in [0.5, 0.6) is 5.75 Å². The Labute approximate surface area is 203 Å². The molecule has 2 aromatic carbocycles. The summed E-state index contributed by atoms with van der Waals surface area (Å²) in [5.41, 5.74) is 13.9. The maximum Gasteiger partial charge on any atom is 0.433 e. The third-order valence-electron chi connectivity index (χ3n) is 6.14. The molecule has 11 heteroatoms. The number of nitrogen functional groups attached to an aromatic ring is 1. The summed E-state index contributed by atoms with van der Waals surface area (Å²) in [4.78, 5) is 23.3. The van der Waals surface area contributed by atoms with E-state index in [-0.39, 0.29) is 34.5 Å². The maximum atomic E-state index is 13.5. The zero-order chi connectivity index (χ0) is 25.8. The first-order valence-electron chi connectivity index (χ1n) is 11.1. The first kappa shape index (κ1) is 23.6. The number of carbonyl (C=O) groups excluding carboxylic acids is 1. The zero-order valence-electron chi connectivity index (χ0n) is 19.4. The second-order valence-electron chi connectivity index (χ2n) is 8.57. The normalized spacial score (nSPS) is 14.2. The monoisotopic (exact) mass is 497 g/mol. The number of fused-ring (bicyclic) bond motifs is 2. The topological polar surface area (TPSA) is 120 Å². The molecule has 2 aromatic heterocycles. The van der Waals surface area contributed by atoms with Crippen molar-refractivity contribution in [2.75, 3.05) is 12.8 Å². The van der Waals surface area contributed by atoms with Gasteiger partial charge < -0.3 is 25.5 Å². The van der Waals surface area contributed by atoms with Crippen LogP contribution >= 0.6 is 0 Å². The number of nitrogens with two attached hydrogens (primary N) is 2. The van der Waals surface area contributed by atoms with Gasteiger partial charge in [0.2, 0.25) is 5.89 Å². The van der Waals surface area contributed by atoms with Gasteiger partial charge in [0.15, 0.2) is 11.5 Å². The number of methoxy groups -OCH3 is 1. The molecule has 8 nitrogen and oxygen atoms in total. The van der Waals surface area contributed by atoms with Crippen LogP contribution < -0.4 is 16.2 Å². The van der Waals surface area contributed by atoms with Crippen LogP contribution in [0.3, 0.4) is 0 Å². The van der Waals surface area contributed by atoms with Gasteiger partial charge in [-0.15, -0.1) is 0 Å². The fraction of sp³-hybridized carbons (Fsp3) is 0.240. The van der Waals surface area contributed by atoms with Gasteiger partial charge in [0.1, 0.15) is 17.0 Å². The van der Waals surface area contributed by atoms with Crippen LogP contribution in [0, 0.1) is 0 Å². The molecule has 0 bridgehead atoms. The molecule has 4 aromatic rings.